The van der Waals surface area contributed by atoms with Gasteiger partial charge in [0, 0.05) is 34.9 Å². The molecule has 1 unspecified atom stereocenters. The van der Waals surface area contributed by atoms with E-state index in [4.69, 9.17) is 19.2 Å². The minimum atomic E-state index is -0.674. The van der Waals surface area contributed by atoms with Gasteiger partial charge in [-0.15, -0.1) is 0 Å². The molecule has 0 saturated heterocycles. The highest BCUT2D eigenvalue weighted by Gasteiger charge is 2.45. The zero-order valence-corrected chi connectivity index (χ0v) is 21.0. The second kappa shape index (κ2) is 10.5. The van der Waals surface area contributed by atoms with Gasteiger partial charge in [0.2, 0.25) is 0 Å². The van der Waals surface area contributed by atoms with Gasteiger partial charge in [0.15, 0.2) is 5.78 Å². The van der Waals surface area contributed by atoms with Crippen LogP contribution >= 0.6 is 0 Å². The number of Topliss-reactive ketones (excluding diaryl/α,β-unsaturated/α-hetero) is 1. The standard InChI is InChI=1S/C29H33NO5/c1-6-34-29(32)26-18(4)30-23-15-20(19-11-13-21(33-5)14-12-19)16-24(31)28(23)27(26)22-9-7-8-10-25(22)35-17(2)3/h7-14,17,20,26-27H,6,15-16H2,1-5H3/t20-,26?,27+/m1/s1. The molecule has 0 saturated carbocycles. The zero-order chi connectivity index (χ0) is 25.1. The Morgan fingerprint density at radius 2 is 1.80 bits per heavy atom. The minimum absolute atomic E-state index is 0.0157. The fraction of sp³-hybridized carbons (Fsp3) is 0.414. The molecule has 184 valence electrons. The van der Waals surface area contributed by atoms with Crippen molar-refractivity contribution in [3.05, 3.63) is 70.9 Å². The first-order valence-corrected chi connectivity index (χ1v) is 12.2. The Balaban J connectivity index is 1.81. The number of carbonyl (C=O) groups excluding carboxylic acids is 2. The van der Waals surface area contributed by atoms with E-state index in [-0.39, 0.29) is 30.4 Å². The van der Waals surface area contributed by atoms with Crippen LogP contribution in [0.5, 0.6) is 11.5 Å². The SMILES string of the molecule is CCOC(=O)C1C(C)=NC2=C(C(=O)C[C@H](c3ccc(OC)cc3)C2)[C@H]1c1ccccc1OC(C)C. The number of para-hydroxylation sites is 1. The molecule has 2 aromatic carbocycles. The molecular formula is C29H33NO5. The number of methoxy groups -OCH3 is 1. The van der Waals surface area contributed by atoms with Crippen molar-refractivity contribution < 1.29 is 23.8 Å². The minimum Gasteiger partial charge on any atom is -0.497 e. The predicted molar refractivity (Wildman–Crippen MR) is 135 cm³/mol. The Morgan fingerprint density at radius 1 is 1.09 bits per heavy atom. The molecule has 0 amide bonds. The Bertz CT molecular complexity index is 1160. The summed E-state index contributed by atoms with van der Waals surface area (Å²) in [5.41, 5.74) is 3.92. The molecule has 0 N–H and O–H groups in total. The molecule has 1 heterocycles. The third-order valence-corrected chi connectivity index (χ3v) is 6.63. The average molecular weight is 476 g/mol. The Kier molecular flexibility index (Phi) is 7.39. The third kappa shape index (κ3) is 5.02. The molecular weight excluding hydrogens is 442 g/mol. The van der Waals surface area contributed by atoms with Crippen LogP contribution in [0.3, 0.4) is 0 Å². The Hall–Kier alpha value is -3.41. The van der Waals surface area contributed by atoms with Crippen LogP contribution in [0.25, 0.3) is 0 Å². The van der Waals surface area contributed by atoms with E-state index in [0.29, 0.717) is 29.9 Å². The van der Waals surface area contributed by atoms with E-state index in [1.165, 1.54) is 0 Å². The number of ketones is 1. The number of ether oxygens (including phenoxy) is 3. The van der Waals surface area contributed by atoms with Crippen molar-refractivity contribution in [3.63, 3.8) is 0 Å². The highest BCUT2D eigenvalue weighted by atomic mass is 16.5. The molecule has 1 aliphatic carbocycles. The maximum Gasteiger partial charge on any atom is 0.315 e. The Morgan fingerprint density at radius 3 is 2.46 bits per heavy atom. The van der Waals surface area contributed by atoms with Crippen molar-refractivity contribution in [2.24, 2.45) is 10.9 Å². The number of hydrogen-bond donors (Lipinski definition) is 0. The lowest BCUT2D eigenvalue weighted by molar-refractivity contribution is -0.146. The van der Waals surface area contributed by atoms with E-state index in [2.05, 4.69) is 0 Å². The first-order chi connectivity index (χ1) is 16.8. The van der Waals surface area contributed by atoms with E-state index < -0.39 is 11.8 Å². The molecule has 0 aromatic heterocycles. The number of aliphatic imine (C=N–C) groups is 1. The largest absolute Gasteiger partial charge is 0.497 e. The lowest BCUT2D eigenvalue weighted by Crippen LogP contribution is -2.38. The summed E-state index contributed by atoms with van der Waals surface area (Å²) in [6.07, 6.45) is 0.939. The van der Waals surface area contributed by atoms with Crippen LogP contribution in [0.4, 0.5) is 0 Å². The van der Waals surface area contributed by atoms with E-state index in [9.17, 15) is 9.59 Å². The van der Waals surface area contributed by atoms with Gasteiger partial charge in [0.25, 0.3) is 0 Å². The van der Waals surface area contributed by atoms with Crippen molar-refractivity contribution in [2.75, 3.05) is 13.7 Å². The zero-order valence-electron chi connectivity index (χ0n) is 21.0. The lowest BCUT2D eigenvalue weighted by atomic mass is 9.69. The molecule has 4 rings (SSSR count). The highest BCUT2D eigenvalue weighted by molar-refractivity contribution is 6.09. The van der Waals surface area contributed by atoms with Crippen LogP contribution in [0.2, 0.25) is 0 Å². The van der Waals surface area contributed by atoms with Gasteiger partial charge in [0.05, 0.1) is 19.8 Å². The van der Waals surface area contributed by atoms with Crippen LogP contribution < -0.4 is 9.47 Å². The monoisotopic (exact) mass is 475 g/mol. The van der Waals surface area contributed by atoms with Crippen LogP contribution in [0.15, 0.2) is 64.8 Å². The van der Waals surface area contributed by atoms with Gasteiger partial charge in [-0.05, 0) is 63.8 Å². The fourth-order valence-corrected chi connectivity index (χ4v) is 5.14. The lowest BCUT2D eigenvalue weighted by Gasteiger charge is -2.37. The van der Waals surface area contributed by atoms with Crippen molar-refractivity contribution in [1.82, 2.24) is 0 Å². The van der Waals surface area contributed by atoms with Gasteiger partial charge in [-0.1, -0.05) is 30.3 Å². The molecule has 6 heteroatoms. The summed E-state index contributed by atoms with van der Waals surface area (Å²) in [5, 5.41) is 0. The van der Waals surface area contributed by atoms with E-state index in [0.717, 1.165) is 22.6 Å². The van der Waals surface area contributed by atoms with E-state index in [1.54, 1.807) is 14.0 Å². The van der Waals surface area contributed by atoms with Crippen LogP contribution in [0, 0.1) is 5.92 Å². The van der Waals surface area contributed by atoms with Gasteiger partial charge >= 0.3 is 5.97 Å². The summed E-state index contributed by atoms with van der Waals surface area (Å²) in [7, 11) is 1.64. The molecule has 35 heavy (non-hydrogen) atoms. The van der Waals surface area contributed by atoms with Crippen molar-refractivity contribution in [1.29, 1.82) is 0 Å². The third-order valence-electron chi connectivity index (χ3n) is 6.63. The number of rotatable bonds is 7. The molecule has 0 bridgehead atoms. The summed E-state index contributed by atoms with van der Waals surface area (Å²) >= 11 is 0. The second-order valence-electron chi connectivity index (χ2n) is 9.33. The van der Waals surface area contributed by atoms with Crippen molar-refractivity contribution in [3.8, 4) is 11.5 Å². The molecule has 2 aromatic rings. The smallest absolute Gasteiger partial charge is 0.315 e. The van der Waals surface area contributed by atoms with Gasteiger partial charge in [-0.3, -0.25) is 14.6 Å². The maximum atomic E-state index is 13.7. The first kappa shape index (κ1) is 24.7. The Labute approximate surface area is 207 Å². The molecule has 0 spiro atoms. The number of nitrogens with zero attached hydrogens (tertiary/aromatic N) is 1. The summed E-state index contributed by atoms with van der Waals surface area (Å²) in [6, 6.07) is 15.5. The molecule has 0 fully saturated rings. The number of benzene rings is 2. The fourth-order valence-electron chi connectivity index (χ4n) is 5.14. The van der Waals surface area contributed by atoms with Crippen LogP contribution in [0.1, 0.15) is 63.5 Å². The predicted octanol–water partition coefficient (Wildman–Crippen LogP) is 5.62. The normalized spacial score (nSPS) is 21.9. The molecule has 3 atom stereocenters. The first-order valence-electron chi connectivity index (χ1n) is 12.2. The molecule has 1 aliphatic heterocycles. The van der Waals surface area contributed by atoms with Gasteiger partial charge in [-0.25, -0.2) is 0 Å². The number of esters is 1. The van der Waals surface area contributed by atoms with Crippen molar-refractivity contribution in [2.45, 2.75) is 58.5 Å². The topological polar surface area (TPSA) is 74.2 Å². The quantitative estimate of drug-likeness (QED) is 0.486. The average Bonchev–Trinajstić information content (AvgIpc) is 2.83. The molecule has 6 nitrogen and oxygen atoms in total. The van der Waals surface area contributed by atoms with Gasteiger partial charge in [-0.2, -0.15) is 0 Å². The van der Waals surface area contributed by atoms with Gasteiger partial charge in [0.1, 0.15) is 17.4 Å². The van der Waals surface area contributed by atoms with Crippen molar-refractivity contribution >= 4 is 17.5 Å². The van der Waals surface area contributed by atoms with Crippen LogP contribution in [-0.2, 0) is 14.3 Å². The van der Waals surface area contributed by atoms with Gasteiger partial charge < -0.3 is 14.2 Å². The second-order valence-corrected chi connectivity index (χ2v) is 9.33. The summed E-state index contributed by atoms with van der Waals surface area (Å²) in [5.74, 6) is -0.0508. The number of carbonyl (C=O) groups is 2. The van der Waals surface area contributed by atoms with E-state index in [1.807, 2.05) is 69.3 Å². The highest BCUT2D eigenvalue weighted by Crippen LogP contribution is 2.48. The summed E-state index contributed by atoms with van der Waals surface area (Å²) in [4.78, 5) is 31.7. The number of allylic oxidation sites excluding steroid dienone is 2. The molecule has 0 radical (unpaired) electrons. The molecule has 2 aliphatic rings. The van der Waals surface area contributed by atoms with E-state index >= 15 is 0 Å². The number of hydrogen-bond acceptors (Lipinski definition) is 6. The summed E-state index contributed by atoms with van der Waals surface area (Å²) in [6.45, 7) is 7.82. The maximum absolute atomic E-state index is 13.7. The summed E-state index contributed by atoms with van der Waals surface area (Å²) < 4.78 is 16.8. The van der Waals surface area contributed by atoms with Crippen LogP contribution in [-0.4, -0.2) is 37.3 Å².